The largest absolute Gasteiger partial charge is 0.401 e. The highest BCUT2D eigenvalue weighted by molar-refractivity contribution is 5.50. The van der Waals surface area contributed by atoms with Gasteiger partial charge in [0.25, 0.3) is 0 Å². The van der Waals surface area contributed by atoms with Crippen molar-refractivity contribution >= 4 is 11.5 Å². The maximum absolute atomic E-state index is 12.3. The molecule has 0 amide bonds. The molecule has 0 radical (unpaired) electrons. The molecule has 1 aromatic rings. The summed E-state index contributed by atoms with van der Waals surface area (Å²) in [5.74, 6) is 0.776. The predicted molar refractivity (Wildman–Crippen MR) is 68.1 cm³/mol. The molecular weight excluding hydrogens is 257 g/mol. The molecular formula is C12H17F3N4. The van der Waals surface area contributed by atoms with Crippen LogP contribution in [-0.4, -0.2) is 48.8 Å². The smallest absolute Gasteiger partial charge is 0.397 e. The van der Waals surface area contributed by atoms with Crippen LogP contribution in [0.4, 0.5) is 24.7 Å². The molecule has 1 aromatic heterocycles. The molecule has 1 saturated heterocycles. The third-order valence-electron chi connectivity index (χ3n) is 3.21. The summed E-state index contributed by atoms with van der Waals surface area (Å²) in [7, 11) is 0. The maximum Gasteiger partial charge on any atom is 0.401 e. The van der Waals surface area contributed by atoms with Crippen LogP contribution in [0.2, 0.25) is 0 Å². The van der Waals surface area contributed by atoms with E-state index in [2.05, 4.69) is 4.98 Å². The molecule has 0 saturated carbocycles. The van der Waals surface area contributed by atoms with Crippen molar-refractivity contribution in [2.24, 2.45) is 0 Å². The molecule has 0 atom stereocenters. The standard InChI is InChI=1S/C12H17F3N4/c1-9-10(16)2-3-11(17-9)19-6-4-18(5-7-19)8-12(13,14)15/h2-3H,4-8,16H2,1H3. The third-order valence-corrected chi connectivity index (χ3v) is 3.21. The average molecular weight is 274 g/mol. The minimum absolute atomic E-state index is 0.393. The van der Waals surface area contributed by atoms with Gasteiger partial charge in [-0.25, -0.2) is 4.98 Å². The van der Waals surface area contributed by atoms with Gasteiger partial charge in [-0.2, -0.15) is 13.2 Å². The van der Waals surface area contributed by atoms with E-state index in [1.807, 2.05) is 17.9 Å². The van der Waals surface area contributed by atoms with Crippen molar-refractivity contribution in [1.82, 2.24) is 9.88 Å². The zero-order valence-electron chi connectivity index (χ0n) is 10.7. The quantitative estimate of drug-likeness (QED) is 0.891. The first-order valence-electron chi connectivity index (χ1n) is 6.12. The normalized spacial score (nSPS) is 17.8. The fourth-order valence-electron chi connectivity index (χ4n) is 2.12. The Morgan fingerprint density at radius 1 is 1.21 bits per heavy atom. The van der Waals surface area contributed by atoms with E-state index in [0.717, 1.165) is 11.5 Å². The zero-order chi connectivity index (χ0) is 14.0. The molecule has 0 bridgehead atoms. The number of nitrogens with zero attached hydrogens (tertiary/aromatic N) is 3. The zero-order valence-corrected chi connectivity index (χ0v) is 10.7. The Bertz CT molecular complexity index is 439. The van der Waals surface area contributed by atoms with E-state index < -0.39 is 12.7 Å². The number of nitrogens with two attached hydrogens (primary N) is 1. The van der Waals surface area contributed by atoms with Gasteiger partial charge in [0.2, 0.25) is 0 Å². The number of halogens is 3. The number of anilines is 2. The summed E-state index contributed by atoms with van der Waals surface area (Å²) in [4.78, 5) is 7.76. The van der Waals surface area contributed by atoms with E-state index >= 15 is 0 Å². The van der Waals surface area contributed by atoms with Crippen molar-refractivity contribution in [2.45, 2.75) is 13.1 Å². The number of aromatic nitrogens is 1. The highest BCUT2D eigenvalue weighted by atomic mass is 19.4. The Labute approximate surface area is 110 Å². The summed E-state index contributed by atoms with van der Waals surface area (Å²) in [5, 5.41) is 0. The first-order chi connectivity index (χ1) is 8.85. The highest BCUT2D eigenvalue weighted by Crippen LogP contribution is 2.20. The van der Waals surface area contributed by atoms with Gasteiger partial charge in [-0.3, -0.25) is 4.90 Å². The Hall–Kier alpha value is -1.50. The van der Waals surface area contributed by atoms with Crippen LogP contribution in [0.5, 0.6) is 0 Å². The van der Waals surface area contributed by atoms with Gasteiger partial charge in [-0.05, 0) is 19.1 Å². The second kappa shape index (κ2) is 5.24. The van der Waals surface area contributed by atoms with Crippen molar-refractivity contribution < 1.29 is 13.2 Å². The van der Waals surface area contributed by atoms with Crippen LogP contribution < -0.4 is 10.6 Å². The lowest BCUT2D eigenvalue weighted by Gasteiger charge is -2.35. The molecule has 2 rings (SSSR count). The van der Waals surface area contributed by atoms with Gasteiger partial charge >= 0.3 is 6.18 Å². The van der Waals surface area contributed by atoms with Gasteiger partial charge in [0, 0.05) is 26.2 Å². The molecule has 2 N–H and O–H groups in total. The van der Waals surface area contributed by atoms with Crippen molar-refractivity contribution in [3.05, 3.63) is 17.8 Å². The Morgan fingerprint density at radius 3 is 2.37 bits per heavy atom. The SMILES string of the molecule is Cc1nc(N2CCN(CC(F)(F)F)CC2)ccc1N. The molecule has 1 aliphatic rings. The molecule has 7 heteroatoms. The Morgan fingerprint density at radius 2 is 1.84 bits per heavy atom. The number of nitrogen functional groups attached to an aromatic ring is 1. The minimum Gasteiger partial charge on any atom is -0.397 e. The number of pyridine rings is 1. The molecule has 0 aromatic carbocycles. The molecule has 2 heterocycles. The maximum atomic E-state index is 12.3. The lowest BCUT2D eigenvalue weighted by molar-refractivity contribution is -0.146. The topological polar surface area (TPSA) is 45.4 Å². The van der Waals surface area contributed by atoms with Crippen LogP contribution in [-0.2, 0) is 0 Å². The first kappa shape index (κ1) is 13.9. The van der Waals surface area contributed by atoms with Crippen molar-refractivity contribution in [3.63, 3.8) is 0 Å². The van der Waals surface area contributed by atoms with Gasteiger partial charge in [-0.15, -0.1) is 0 Å². The average Bonchev–Trinajstić information content (AvgIpc) is 2.32. The summed E-state index contributed by atoms with van der Waals surface area (Å²) < 4.78 is 36.8. The van der Waals surface area contributed by atoms with Gasteiger partial charge < -0.3 is 10.6 Å². The summed E-state index contributed by atoms with van der Waals surface area (Å²) in [6.45, 7) is 2.86. The van der Waals surface area contributed by atoms with Crippen molar-refractivity contribution in [3.8, 4) is 0 Å². The summed E-state index contributed by atoms with van der Waals surface area (Å²) >= 11 is 0. The van der Waals surface area contributed by atoms with Crippen LogP contribution in [0, 0.1) is 6.92 Å². The van der Waals surface area contributed by atoms with Gasteiger partial charge in [0.05, 0.1) is 17.9 Å². The van der Waals surface area contributed by atoms with Crippen LogP contribution in [0.1, 0.15) is 5.69 Å². The number of piperazine rings is 1. The van der Waals surface area contributed by atoms with Gasteiger partial charge in [-0.1, -0.05) is 0 Å². The van der Waals surface area contributed by atoms with Crippen LogP contribution in [0.25, 0.3) is 0 Å². The molecule has 1 fully saturated rings. The third kappa shape index (κ3) is 3.73. The lowest BCUT2D eigenvalue weighted by Crippen LogP contribution is -2.49. The summed E-state index contributed by atoms with van der Waals surface area (Å²) in [6.07, 6.45) is -4.13. The Kier molecular flexibility index (Phi) is 3.84. The molecule has 19 heavy (non-hydrogen) atoms. The predicted octanol–water partition coefficient (Wildman–Crippen LogP) is 1.66. The van der Waals surface area contributed by atoms with E-state index in [1.54, 1.807) is 6.07 Å². The van der Waals surface area contributed by atoms with E-state index in [4.69, 9.17) is 5.73 Å². The fraction of sp³-hybridized carbons (Fsp3) is 0.583. The summed E-state index contributed by atoms with van der Waals surface area (Å²) in [5.41, 5.74) is 7.07. The van der Waals surface area contributed by atoms with Crippen LogP contribution >= 0.6 is 0 Å². The van der Waals surface area contributed by atoms with Crippen molar-refractivity contribution in [2.75, 3.05) is 43.4 Å². The van der Waals surface area contributed by atoms with Crippen molar-refractivity contribution in [1.29, 1.82) is 0 Å². The van der Waals surface area contributed by atoms with Crippen LogP contribution in [0.3, 0.4) is 0 Å². The second-order valence-electron chi connectivity index (χ2n) is 4.72. The minimum atomic E-state index is -4.13. The number of alkyl halides is 3. The molecule has 4 nitrogen and oxygen atoms in total. The van der Waals surface area contributed by atoms with E-state index in [9.17, 15) is 13.2 Å². The van der Waals surface area contributed by atoms with E-state index in [1.165, 1.54) is 4.90 Å². The van der Waals surface area contributed by atoms with Gasteiger partial charge in [0.1, 0.15) is 5.82 Å². The second-order valence-corrected chi connectivity index (χ2v) is 4.72. The summed E-state index contributed by atoms with van der Waals surface area (Å²) in [6, 6.07) is 3.58. The van der Waals surface area contributed by atoms with Gasteiger partial charge in [0.15, 0.2) is 0 Å². The first-order valence-corrected chi connectivity index (χ1v) is 6.12. The number of aryl methyl sites for hydroxylation is 1. The fourth-order valence-corrected chi connectivity index (χ4v) is 2.12. The molecule has 1 aliphatic heterocycles. The molecule has 0 aliphatic carbocycles. The number of hydrogen-bond acceptors (Lipinski definition) is 4. The lowest BCUT2D eigenvalue weighted by atomic mass is 10.2. The molecule has 0 spiro atoms. The van der Waals surface area contributed by atoms with Crippen LogP contribution in [0.15, 0.2) is 12.1 Å². The highest BCUT2D eigenvalue weighted by Gasteiger charge is 2.32. The van der Waals surface area contributed by atoms with E-state index in [-0.39, 0.29) is 0 Å². The molecule has 106 valence electrons. The molecule has 0 unspecified atom stereocenters. The Balaban J connectivity index is 1.94. The monoisotopic (exact) mass is 274 g/mol. The number of hydrogen-bond donors (Lipinski definition) is 1. The van der Waals surface area contributed by atoms with E-state index in [0.29, 0.717) is 31.9 Å². The number of rotatable bonds is 2.